The van der Waals surface area contributed by atoms with Gasteiger partial charge in [-0.2, -0.15) is 0 Å². The van der Waals surface area contributed by atoms with Crippen molar-refractivity contribution in [1.82, 2.24) is 0 Å². The Bertz CT molecular complexity index is 1690. The lowest BCUT2D eigenvalue weighted by molar-refractivity contribution is -0.167. The molecule has 0 aliphatic heterocycles. The van der Waals surface area contributed by atoms with Crippen LogP contribution in [0.2, 0.25) is 0 Å². The fraction of sp³-hybridized carbons (Fsp3) is 0.697. The molecule has 82 heavy (non-hydrogen) atoms. The van der Waals surface area contributed by atoms with Gasteiger partial charge in [-0.15, -0.1) is 0 Å². The minimum absolute atomic E-state index is 0.0794. The van der Waals surface area contributed by atoms with Gasteiger partial charge in [-0.3, -0.25) is 14.4 Å². The van der Waals surface area contributed by atoms with Gasteiger partial charge < -0.3 is 14.2 Å². The normalized spacial score (nSPS) is 12.9. The molecule has 0 aliphatic carbocycles. The van der Waals surface area contributed by atoms with Crippen molar-refractivity contribution in [3.63, 3.8) is 0 Å². The van der Waals surface area contributed by atoms with E-state index in [0.717, 1.165) is 116 Å². The molecule has 0 radical (unpaired) electrons. The first-order valence-electron chi connectivity index (χ1n) is 34.5. The summed E-state index contributed by atoms with van der Waals surface area (Å²) in [6, 6.07) is 0. The number of ether oxygens (including phenoxy) is 3. The quantitative estimate of drug-likeness (QED) is 0.0261. The van der Waals surface area contributed by atoms with Crippen LogP contribution in [0.3, 0.4) is 0 Å². The van der Waals surface area contributed by atoms with Gasteiger partial charge in [-0.25, -0.2) is 0 Å². The molecule has 0 N–H and O–H groups in total. The van der Waals surface area contributed by atoms with E-state index in [-0.39, 0.29) is 31.1 Å². The minimum atomic E-state index is -0.782. The molecule has 1 unspecified atom stereocenters. The van der Waals surface area contributed by atoms with E-state index in [1.54, 1.807) is 0 Å². The Morgan fingerprint density at radius 1 is 0.256 bits per heavy atom. The highest BCUT2D eigenvalue weighted by molar-refractivity contribution is 5.71. The third kappa shape index (κ3) is 66.6. The highest BCUT2D eigenvalue weighted by Gasteiger charge is 2.19. The lowest BCUT2D eigenvalue weighted by Crippen LogP contribution is -2.30. The summed E-state index contributed by atoms with van der Waals surface area (Å²) in [6.45, 7) is 6.50. The first-order chi connectivity index (χ1) is 40.5. The Morgan fingerprint density at radius 3 is 0.744 bits per heavy atom. The lowest BCUT2D eigenvalue weighted by atomic mass is 10.1. The van der Waals surface area contributed by atoms with Crippen molar-refractivity contribution in [2.75, 3.05) is 13.2 Å². The van der Waals surface area contributed by atoms with E-state index < -0.39 is 6.10 Å². The molecule has 0 aromatic heterocycles. The summed E-state index contributed by atoms with van der Waals surface area (Å²) in [7, 11) is 0. The molecule has 0 rings (SSSR count). The molecule has 6 nitrogen and oxygen atoms in total. The van der Waals surface area contributed by atoms with Crippen molar-refractivity contribution in [2.45, 2.75) is 329 Å². The van der Waals surface area contributed by atoms with Crippen molar-refractivity contribution < 1.29 is 28.6 Å². The molecular weight excluding hydrogens is 1010 g/mol. The van der Waals surface area contributed by atoms with Crippen molar-refractivity contribution >= 4 is 17.9 Å². The maximum Gasteiger partial charge on any atom is 0.306 e. The molecule has 0 heterocycles. The molecule has 0 bridgehead atoms. The Kier molecular flexibility index (Phi) is 65.8. The number of esters is 3. The Hall–Kier alpha value is -4.19. The van der Waals surface area contributed by atoms with Gasteiger partial charge in [-0.1, -0.05) is 309 Å². The average molecular weight is 1140 g/mol. The van der Waals surface area contributed by atoms with Crippen molar-refractivity contribution in [3.8, 4) is 0 Å². The van der Waals surface area contributed by atoms with Crippen LogP contribution in [0.1, 0.15) is 323 Å². The fourth-order valence-electron chi connectivity index (χ4n) is 9.55. The van der Waals surface area contributed by atoms with Gasteiger partial charge in [0.2, 0.25) is 0 Å². The van der Waals surface area contributed by atoms with Crippen LogP contribution < -0.4 is 0 Å². The number of allylic oxidation sites excluding steroid dienone is 20. The van der Waals surface area contributed by atoms with Crippen LogP contribution in [0.5, 0.6) is 0 Å². The van der Waals surface area contributed by atoms with Gasteiger partial charge in [0.1, 0.15) is 13.2 Å². The highest BCUT2D eigenvalue weighted by Crippen LogP contribution is 2.16. The molecular formula is C76H128O6. The summed E-state index contributed by atoms with van der Waals surface area (Å²) in [4.78, 5) is 38.2. The molecule has 1 atom stereocenters. The van der Waals surface area contributed by atoms with Gasteiger partial charge in [0, 0.05) is 19.3 Å². The van der Waals surface area contributed by atoms with E-state index in [9.17, 15) is 14.4 Å². The minimum Gasteiger partial charge on any atom is -0.462 e. The second-order valence-electron chi connectivity index (χ2n) is 22.7. The van der Waals surface area contributed by atoms with Gasteiger partial charge in [-0.05, 0) is 116 Å². The van der Waals surface area contributed by atoms with E-state index in [1.807, 2.05) is 0 Å². The molecule has 0 saturated carbocycles. The predicted octanol–water partition coefficient (Wildman–Crippen LogP) is 23.9. The molecule has 0 fully saturated rings. The third-order valence-corrected chi connectivity index (χ3v) is 14.7. The van der Waals surface area contributed by atoms with Gasteiger partial charge in [0.05, 0.1) is 0 Å². The molecule has 468 valence electrons. The van der Waals surface area contributed by atoms with E-state index in [4.69, 9.17) is 14.2 Å². The number of carbonyl (C=O) groups excluding carboxylic acids is 3. The van der Waals surface area contributed by atoms with E-state index in [0.29, 0.717) is 19.3 Å². The molecule has 0 aromatic rings. The zero-order chi connectivity index (χ0) is 59.2. The van der Waals surface area contributed by atoms with E-state index in [1.165, 1.54) is 167 Å². The van der Waals surface area contributed by atoms with Crippen LogP contribution in [0.25, 0.3) is 0 Å². The zero-order valence-corrected chi connectivity index (χ0v) is 53.7. The van der Waals surface area contributed by atoms with Crippen LogP contribution in [0, 0.1) is 0 Å². The molecule has 0 spiro atoms. The summed E-state index contributed by atoms with van der Waals surface area (Å²) >= 11 is 0. The van der Waals surface area contributed by atoms with Crippen molar-refractivity contribution in [2.24, 2.45) is 0 Å². The zero-order valence-electron chi connectivity index (χ0n) is 53.7. The molecule has 0 amide bonds. The monoisotopic (exact) mass is 1140 g/mol. The SMILES string of the molecule is CC/C=C\C/C=C\C/C=C\C/C=C\C/C=C\C/C=C\C/C=C\C/C=C\CCCCCCCCCCCCC(=O)OCC(COC(=O)CCCCCCCCCC)OC(=O)CCCCCCCCCCC/C=C\C/C=C\CCCCCCC. The molecule has 6 heteroatoms. The van der Waals surface area contributed by atoms with E-state index in [2.05, 4.69) is 142 Å². The average Bonchev–Trinajstić information content (AvgIpc) is 3.47. The first-order valence-corrected chi connectivity index (χ1v) is 34.5. The summed E-state index contributed by atoms with van der Waals surface area (Å²) in [5, 5.41) is 0. The van der Waals surface area contributed by atoms with E-state index >= 15 is 0 Å². The number of hydrogen-bond acceptors (Lipinski definition) is 6. The van der Waals surface area contributed by atoms with Crippen LogP contribution in [0.15, 0.2) is 122 Å². The third-order valence-electron chi connectivity index (χ3n) is 14.7. The molecule has 0 aromatic carbocycles. The number of carbonyl (C=O) groups is 3. The van der Waals surface area contributed by atoms with Crippen LogP contribution in [-0.4, -0.2) is 37.2 Å². The second-order valence-corrected chi connectivity index (χ2v) is 22.7. The largest absolute Gasteiger partial charge is 0.462 e. The summed E-state index contributed by atoms with van der Waals surface area (Å²) in [5.41, 5.74) is 0. The number of unbranched alkanes of at least 4 members (excludes halogenated alkanes) is 31. The molecule has 0 saturated heterocycles. The Morgan fingerprint density at radius 2 is 0.476 bits per heavy atom. The fourth-order valence-corrected chi connectivity index (χ4v) is 9.55. The Labute approximate surface area is 507 Å². The standard InChI is InChI=1S/C76H128O6/c1-4-7-10-13-16-19-21-23-25-27-29-31-32-33-34-35-36-37-38-39-40-41-42-43-44-46-47-49-51-53-55-57-60-63-66-69-75(78)81-72-73(71-80-74(77)68-65-62-59-18-15-12-9-6-3)82-76(79)70-67-64-61-58-56-54-52-50-48-45-30-28-26-24-22-20-17-14-11-8-5-2/h7,10,16,19,22-25,28-31,33-34,36-37,39-40,42-43,73H,4-6,8-9,11-15,17-18,20-21,26-27,32,35,38,41,44-72H2,1-3H3/b10-7-,19-16-,24-22-,25-23-,30-28-,31-29-,34-33-,37-36-,40-39-,43-42-. The van der Waals surface area contributed by atoms with Crippen LogP contribution in [-0.2, 0) is 28.6 Å². The topological polar surface area (TPSA) is 78.9 Å². The van der Waals surface area contributed by atoms with Gasteiger partial charge in [0.15, 0.2) is 6.10 Å². The van der Waals surface area contributed by atoms with Crippen molar-refractivity contribution in [3.05, 3.63) is 122 Å². The second kappa shape index (κ2) is 69.3. The smallest absolute Gasteiger partial charge is 0.306 e. The number of hydrogen-bond donors (Lipinski definition) is 0. The maximum absolute atomic E-state index is 12.9. The Balaban J connectivity index is 4.14. The first kappa shape index (κ1) is 77.8. The number of rotatable bonds is 62. The summed E-state index contributed by atoms with van der Waals surface area (Å²) in [6.07, 6.45) is 96.6. The molecule has 0 aliphatic rings. The van der Waals surface area contributed by atoms with Gasteiger partial charge >= 0.3 is 17.9 Å². The maximum atomic E-state index is 12.9. The predicted molar refractivity (Wildman–Crippen MR) is 357 cm³/mol. The highest BCUT2D eigenvalue weighted by atomic mass is 16.6. The van der Waals surface area contributed by atoms with Crippen LogP contribution >= 0.6 is 0 Å². The summed E-state index contributed by atoms with van der Waals surface area (Å²) in [5.74, 6) is -0.884. The lowest BCUT2D eigenvalue weighted by Gasteiger charge is -2.18. The summed E-state index contributed by atoms with van der Waals surface area (Å²) < 4.78 is 16.9. The van der Waals surface area contributed by atoms with Crippen LogP contribution in [0.4, 0.5) is 0 Å². The van der Waals surface area contributed by atoms with Crippen molar-refractivity contribution in [1.29, 1.82) is 0 Å². The van der Waals surface area contributed by atoms with Gasteiger partial charge in [0.25, 0.3) is 0 Å².